The monoisotopic (exact) mass is 444 g/mol. The first-order valence-electron chi connectivity index (χ1n) is 10.7. The first-order chi connectivity index (χ1) is 16.3. The Bertz CT molecular complexity index is 946. The van der Waals surface area contributed by atoms with Crippen molar-refractivity contribution >= 4 is 0 Å². The Hall–Kier alpha value is -3.80. The number of rotatable bonds is 9. The molecule has 0 fully saturated rings. The highest BCUT2D eigenvalue weighted by molar-refractivity contribution is 5.37. The third-order valence-electron chi connectivity index (χ3n) is 4.48. The van der Waals surface area contributed by atoms with E-state index in [9.17, 15) is 0 Å². The molecule has 0 unspecified atom stereocenters. The standard InChI is InChI=1S/C26H22O3.C2H6O2/c1-3-7-21(8-4-1)19-27-23-11-15-25(16-12-23)29-26-17-13-24(14-18-26)28-20-22-9-5-2-6-10-22;3-1-2-4/h1-18H,19-20H2;3-4H,1-2H2. The quantitative estimate of drug-likeness (QED) is 0.351. The topological polar surface area (TPSA) is 68.2 Å². The molecule has 0 radical (unpaired) electrons. The minimum atomic E-state index is -0.125. The van der Waals surface area contributed by atoms with Crippen LogP contribution in [0.3, 0.4) is 0 Å². The molecular weight excluding hydrogens is 416 g/mol. The molecule has 4 rings (SSSR count). The third-order valence-corrected chi connectivity index (χ3v) is 4.48. The second kappa shape index (κ2) is 13.6. The molecule has 4 aromatic carbocycles. The molecular formula is C28H28O5. The van der Waals surface area contributed by atoms with Crippen LogP contribution in [-0.4, -0.2) is 23.4 Å². The zero-order valence-corrected chi connectivity index (χ0v) is 18.3. The van der Waals surface area contributed by atoms with Crippen molar-refractivity contribution in [2.24, 2.45) is 0 Å². The normalized spacial score (nSPS) is 10.0. The van der Waals surface area contributed by atoms with Crippen molar-refractivity contribution < 1.29 is 24.4 Å². The van der Waals surface area contributed by atoms with Crippen LogP contribution in [0.15, 0.2) is 109 Å². The summed E-state index contributed by atoms with van der Waals surface area (Å²) in [4.78, 5) is 0. The van der Waals surface area contributed by atoms with Gasteiger partial charge in [-0.3, -0.25) is 0 Å². The Kier molecular flexibility index (Phi) is 9.81. The van der Waals surface area contributed by atoms with Crippen molar-refractivity contribution in [2.45, 2.75) is 13.2 Å². The Labute approximate surface area is 194 Å². The maximum atomic E-state index is 7.62. The van der Waals surface area contributed by atoms with E-state index in [1.165, 1.54) is 0 Å². The summed E-state index contributed by atoms with van der Waals surface area (Å²) >= 11 is 0. The largest absolute Gasteiger partial charge is 0.489 e. The fourth-order valence-electron chi connectivity index (χ4n) is 2.83. The molecule has 0 aliphatic rings. The molecule has 0 saturated heterocycles. The van der Waals surface area contributed by atoms with Gasteiger partial charge in [-0.05, 0) is 59.7 Å². The van der Waals surface area contributed by atoms with Crippen molar-refractivity contribution in [1.82, 2.24) is 0 Å². The number of hydrogen-bond donors (Lipinski definition) is 2. The van der Waals surface area contributed by atoms with Crippen molar-refractivity contribution in [2.75, 3.05) is 13.2 Å². The first-order valence-corrected chi connectivity index (χ1v) is 10.7. The van der Waals surface area contributed by atoms with Gasteiger partial charge in [-0.1, -0.05) is 60.7 Å². The highest BCUT2D eigenvalue weighted by atomic mass is 16.5. The van der Waals surface area contributed by atoms with E-state index in [2.05, 4.69) is 0 Å². The Morgan fingerprint density at radius 3 is 1.09 bits per heavy atom. The van der Waals surface area contributed by atoms with Crippen LogP contribution in [0.4, 0.5) is 0 Å². The van der Waals surface area contributed by atoms with E-state index in [1.54, 1.807) is 0 Å². The summed E-state index contributed by atoms with van der Waals surface area (Å²) < 4.78 is 17.5. The average molecular weight is 445 g/mol. The van der Waals surface area contributed by atoms with Gasteiger partial charge in [0.15, 0.2) is 0 Å². The van der Waals surface area contributed by atoms with Gasteiger partial charge < -0.3 is 24.4 Å². The predicted molar refractivity (Wildman–Crippen MR) is 129 cm³/mol. The van der Waals surface area contributed by atoms with Crippen LogP contribution in [0.2, 0.25) is 0 Å². The van der Waals surface area contributed by atoms with Gasteiger partial charge in [-0.15, -0.1) is 0 Å². The molecule has 33 heavy (non-hydrogen) atoms. The molecule has 0 aromatic heterocycles. The van der Waals surface area contributed by atoms with Crippen LogP contribution < -0.4 is 14.2 Å². The summed E-state index contributed by atoms with van der Waals surface area (Å²) in [5.74, 6) is 3.14. The van der Waals surface area contributed by atoms with Gasteiger partial charge in [-0.25, -0.2) is 0 Å². The summed E-state index contributed by atoms with van der Waals surface area (Å²) in [6.45, 7) is 0.844. The van der Waals surface area contributed by atoms with Gasteiger partial charge in [0.25, 0.3) is 0 Å². The third kappa shape index (κ3) is 8.69. The molecule has 0 spiro atoms. The van der Waals surface area contributed by atoms with E-state index >= 15 is 0 Å². The summed E-state index contributed by atoms with van der Waals surface area (Å²) in [6.07, 6.45) is 0. The fraction of sp³-hybridized carbons (Fsp3) is 0.143. The fourth-order valence-corrected chi connectivity index (χ4v) is 2.83. The average Bonchev–Trinajstić information content (AvgIpc) is 2.89. The lowest BCUT2D eigenvalue weighted by Crippen LogP contribution is -1.95. The van der Waals surface area contributed by atoms with Crippen LogP contribution in [0.1, 0.15) is 11.1 Å². The van der Waals surface area contributed by atoms with Gasteiger partial charge >= 0.3 is 0 Å². The molecule has 0 atom stereocenters. The molecule has 0 saturated carbocycles. The lowest BCUT2D eigenvalue weighted by atomic mass is 10.2. The lowest BCUT2D eigenvalue weighted by Gasteiger charge is -2.10. The van der Waals surface area contributed by atoms with Gasteiger partial charge in [-0.2, -0.15) is 0 Å². The number of ether oxygens (including phenoxy) is 3. The molecule has 5 nitrogen and oxygen atoms in total. The molecule has 4 aromatic rings. The minimum absolute atomic E-state index is 0.125. The Balaban J connectivity index is 0.000000709. The van der Waals surface area contributed by atoms with Gasteiger partial charge in [0.1, 0.15) is 36.2 Å². The maximum Gasteiger partial charge on any atom is 0.127 e. The predicted octanol–water partition coefficient (Wildman–Crippen LogP) is 5.61. The molecule has 170 valence electrons. The van der Waals surface area contributed by atoms with E-state index in [-0.39, 0.29) is 13.2 Å². The minimum Gasteiger partial charge on any atom is -0.489 e. The smallest absolute Gasteiger partial charge is 0.127 e. The van der Waals surface area contributed by atoms with E-state index in [0.717, 1.165) is 34.1 Å². The van der Waals surface area contributed by atoms with Crippen LogP contribution in [0.25, 0.3) is 0 Å². The van der Waals surface area contributed by atoms with Crippen LogP contribution >= 0.6 is 0 Å². The van der Waals surface area contributed by atoms with Gasteiger partial charge in [0.2, 0.25) is 0 Å². The molecule has 5 heteroatoms. The van der Waals surface area contributed by atoms with E-state index in [0.29, 0.717) is 13.2 Å². The van der Waals surface area contributed by atoms with Crippen LogP contribution in [0.5, 0.6) is 23.0 Å². The summed E-state index contributed by atoms with van der Waals surface area (Å²) in [7, 11) is 0. The number of benzene rings is 4. The van der Waals surface area contributed by atoms with Crippen molar-refractivity contribution in [3.63, 3.8) is 0 Å². The SMILES string of the molecule is OCCO.c1ccc(COc2ccc(Oc3ccc(OCc4ccccc4)cc3)cc2)cc1. The van der Waals surface area contributed by atoms with Crippen molar-refractivity contribution in [3.8, 4) is 23.0 Å². The summed E-state index contributed by atoms with van der Waals surface area (Å²) in [6, 6.07) is 35.5. The molecule has 0 bridgehead atoms. The van der Waals surface area contributed by atoms with Gasteiger partial charge in [0, 0.05) is 0 Å². The zero-order chi connectivity index (χ0) is 23.1. The van der Waals surface area contributed by atoms with Crippen molar-refractivity contribution in [1.29, 1.82) is 0 Å². The molecule has 0 aliphatic carbocycles. The first kappa shape index (κ1) is 23.9. The maximum absolute atomic E-state index is 7.62. The Morgan fingerprint density at radius 1 is 0.424 bits per heavy atom. The van der Waals surface area contributed by atoms with E-state index in [1.807, 2.05) is 109 Å². The molecule has 0 amide bonds. The second-order valence-corrected chi connectivity index (χ2v) is 7.04. The second-order valence-electron chi connectivity index (χ2n) is 7.04. The van der Waals surface area contributed by atoms with E-state index in [4.69, 9.17) is 24.4 Å². The van der Waals surface area contributed by atoms with Gasteiger partial charge in [0.05, 0.1) is 13.2 Å². The van der Waals surface area contributed by atoms with Crippen LogP contribution in [-0.2, 0) is 13.2 Å². The summed E-state index contributed by atoms with van der Waals surface area (Å²) in [5.41, 5.74) is 2.28. The highest BCUT2D eigenvalue weighted by Crippen LogP contribution is 2.26. The van der Waals surface area contributed by atoms with E-state index < -0.39 is 0 Å². The summed E-state index contributed by atoms with van der Waals surface area (Å²) in [5, 5.41) is 15.2. The van der Waals surface area contributed by atoms with Crippen LogP contribution in [0, 0.1) is 0 Å². The number of aliphatic hydroxyl groups excluding tert-OH is 2. The molecule has 0 heterocycles. The highest BCUT2D eigenvalue weighted by Gasteiger charge is 2.01. The number of aliphatic hydroxyl groups is 2. The lowest BCUT2D eigenvalue weighted by molar-refractivity contribution is 0.186. The molecule has 0 aliphatic heterocycles. The van der Waals surface area contributed by atoms with Crippen molar-refractivity contribution in [3.05, 3.63) is 120 Å². The molecule has 2 N–H and O–H groups in total. The zero-order valence-electron chi connectivity index (χ0n) is 18.3. The number of hydrogen-bond acceptors (Lipinski definition) is 5. The Morgan fingerprint density at radius 2 is 0.758 bits per heavy atom.